The molecule has 0 radical (unpaired) electrons. The Labute approximate surface area is 101 Å². The molecule has 1 aliphatic rings. The van der Waals surface area contributed by atoms with E-state index in [-0.39, 0.29) is 11.4 Å². The molecule has 1 atom stereocenters. The number of nitrogens with two attached hydrogens (primary N) is 1. The van der Waals surface area contributed by atoms with Crippen molar-refractivity contribution in [2.24, 2.45) is 5.73 Å². The molecule has 0 spiro atoms. The number of halogens is 1. The van der Waals surface area contributed by atoms with Crippen LogP contribution in [0.2, 0.25) is 0 Å². The second-order valence-corrected chi connectivity index (χ2v) is 4.98. The lowest BCUT2D eigenvalue weighted by atomic mass is 9.90. The molecule has 0 aliphatic carbocycles. The number of nitrogens with zero attached hydrogens (tertiary/aromatic N) is 1. The molecule has 1 aliphatic heterocycles. The second kappa shape index (κ2) is 4.63. The Hall–Kier alpha value is -1.13. The highest BCUT2D eigenvalue weighted by Gasteiger charge is 2.33. The van der Waals surface area contributed by atoms with Crippen molar-refractivity contribution in [2.75, 3.05) is 27.2 Å². The molecule has 1 aromatic carbocycles. The van der Waals surface area contributed by atoms with E-state index in [1.54, 1.807) is 13.2 Å². The predicted octanol–water partition coefficient (Wildman–Crippen LogP) is 1.41. The Morgan fingerprint density at radius 3 is 2.88 bits per heavy atom. The van der Waals surface area contributed by atoms with Crippen LogP contribution in [0.3, 0.4) is 0 Å². The molecule has 3 nitrogen and oxygen atoms in total. The molecule has 2 rings (SSSR count). The number of hydrogen-bond donors (Lipinski definition) is 1. The van der Waals surface area contributed by atoms with Crippen LogP contribution in [0.5, 0.6) is 5.75 Å². The normalized spacial score (nSPS) is 25.2. The van der Waals surface area contributed by atoms with Crippen molar-refractivity contribution >= 4 is 0 Å². The highest BCUT2D eigenvalue weighted by atomic mass is 19.1. The minimum atomic E-state index is -0.268. The molecule has 1 heterocycles. The van der Waals surface area contributed by atoms with Gasteiger partial charge in [0, 0.05) is 12.1 Å². The first kappa shape index (κ1) is 12.3. The second-order valence-electron chi connectivity index (χ2n) is 4.98. The average Bonchev–Trinajstić information content (AvgIpc) is 2.59. The van der Waals surface area contributed by atoms with Crippen LogP contribution in [-0.4, -0.2) is 37.7 Å². The van der Waals surface area contributed by atoms with Gasteiger partial charge in [0.05, 0.1) is 7.11 Å². The predicted molar refractivity (Wildman–Crippen MR) is 65.7 cm³/mol. The molecule has 1 fully saturated rings. The first-order chi connectivity index (χ1) is 8.02. The van der Waals surface area contributed by atoms with E-state index >= 15 is 0 Å². The van der Waals surface area contributed by atoms with Gasteiger partial charge in [-0.1, -0.05) is 0 Å². The highest BCUT2D eigenvalue weighted by Crippen LogP contribution is 2.27. The van der Waals surface area contributed by atoms with E-state index in [0.29, 0.717) is 12.2 Å². The van der Waals surface area contributed by atoms with Crippen LogP contribution in [0.1, 0.15) is 12.0 Å². The Kier molecular flexibility index (Phi) is 3.35. The molecule has 2 N–H and O–H groups in total. The van der Waals surface area contributed by atoms with Gasteiger partial charge < -0.3 is 15.4 Å². The molecule has 1 unspecified atom stereocenters. The van der Waals surface area contributed by atoms with Crippen LogP contribution >= 0.6 is 0 Å². The summed E-state index contributed by atoms with van der Waals surface area (Å²) in [5.41, 5.74) is 6.92. The topological polar surface area (TPSA) is 38.5 Å². The van der Waals surface area contributed by atoms with E-state index in [2.05, 4.69) is 11.9 Å². The molecule has 0 amide bonds. The van der Waals surface area contributed by atoms with Gasteiger partial charge in [-0.15, -0.1) is 0 Å². The van der Waals surface area contributed by atoms with Crippen molar-refractivity contribution in [1.29, 1.82) is 0 Å². The molecule has 94 valence electrons. The Balaban J connectivity index is 2.20. The third kappa shape index (κ3) is 2.76. The van der Waals surface area contributed by atoms with Gasteiger partial charge in [0.25, 0.3) is 0 Å². The fraction of sp³-hybridized carbons (Fsp3) is 0.538. The van der Waals surface area contributed by atoms with Crippen molar-refractivity contribution in [3.8, 4) is 5.75 Å². The van der Waals surface area contributed by atoms with Gasteiger partial charge in [0.15, 0.2) is 0 Å². The van der Waals surface area contributed by atoms with E-state index in [1.807, 2.05) is 0 Å². The van der Waals surface area contributed by atoms with Crippen molar-refractivity contribution in [3.63, 3.8) is 0 Å². The fourth-order valence-electron chi connectivity index (χ4n) is 2.52. The van der Waals surface area contributed by atoms with Gasteiger partial charge in [-0.3, -0.25) is 0 Å². The summed E-state index contributed by atoms with van der Waals surface area (Å²) in [6.07, 6.45) is 1.58. The number of likely N-dealkylation sites (N-methyl/N-ethyl adjacent to an activating group) is 1. The number of rotatable bonds is 3. The van der Waals surface area contributed by atoms with Gasteiger partial charge in [-0.2, -0.15) is 0 Å². The van der Waals surface area contributed by atoms with Crippen LogP contribution in [-0.2, 0) is 6.42 Å². The zero-order valence-corrected chi connectivity index (χ0v) is 10.4. The summed E-state index contributed by atoms with van der Waals surface area (Å²) in [7, 11) is 3.65. The number of ether oxygens (including phenoxy) is 1. The average molecular weight is 238 g/mol. The minimum absolute atomic E-state index is 0.240. The van der Waals surface area contributed by atoms with Crippen LogP contribution in [0.25, 0.3) is 0 Å². The van der Waals surface area contributed by atoms with Crippen LogP contribution in [0, 0.1) is 5.82 Å². The first-order valence-corrected chi connectivity index (χ1v) is 5.82. The fourth-order valence-corrected chi connectivity index (χ4v) is 2.52. The third-order valence-corrected chi connectivity index (χ3v) is 3.36. The molecule has 17 heavy (non-hydrogen) atoms. The molecule has 0 saturated carbocycles. The maximum Gasteiger partial charge on any atom is 0.123 e. The van der Waals surface area contributed by atoms with Gasteiger partial charge in [-0.05, 0) is 50.2 Å². The van der Waals surface area contributed by atoms with E-state index in [0.717, 1.165) is 25.1 Å². The zero-order chi connectivity index (χ0) is 12.5. The largest absolute Gasteiger partial charge is 0.496 e. The summed E-state index contributed by atoms with van der Waals surface area (Å²) in [6, 6.07) is 4.59. The summed E-state index contributed by atoms with van der Waals surface area (Å²) in [5, 5.41) is 0. The van der Waals surface area contributed by atoms with Crippen LogP contribution in [0.4, 0.5) is 4.39 Å². The SMILES string of the molecule is COc1ccc(F)cc1CC1(N)CCN(C)C1. The van der Waals surface area contributed by atoms with Crippen molar-refractivity contribution in [1.82, 2.24) is 4.90 Å². The Bertz CT molecular complexity index is 410. The maximum absolute atomic E-state index is 13.3. The Morgan fingerprint density at radius 2 is 2.29 bits per heavy atom. The van der Waals surface area contributed by atoms with E-state index < -0.39 is 0 Å². The smallest absolute Gasteiger partial charge is 0.123 e. The van der Waals surface area contributed by atoms with Crippen molar-refractivity contribution in [3.05, 3.63) is 29.6 Å². The Morgan fingerprint density at radius 1 is 1.53 bits per heavy atom. The van der Waals surface area contributed by atoms with Crippen molar-refractivity contribution < 1.29 is 9.13 Å². The van der Waals surface area contributed by atoms with Gasteiger partial charge in [0.2, 0.25) is 0 Å². The van der Waals surface area contributed by atoms with E-state index in [1.165, 1.54) is 12.1 Å². The quantitative estimate of drug-likeness (QED) is 0.865. The molecule has 1 saturated heterocycles. The first-order valence-electron chi connectivity index (χ1n) is 5.82. The molecular weight excluding hydrogens is 219 g/mol. The monoisotopic (exact) mass is 238 g/mol. The molecule has 0 bridgehead atoms. The summed E-state index contributed by atoms with van der Waals surface area (Å²) in [4.78, 5) is 2.20. The summed E-state index contributed by atoms with van der Waals surface area (Å²) in [5.74, 6) is 0.474. The van der Waals surface area contributed by atoms with Gasteiger partial charge in [-0.25, -0.2) is 4.39 Å². The third-order valence-electron chi connectivity index (χ3n) is 3.36. The molecule has 4 heteroatoms. The molecule has 1 aromatic rings. The molecule has 0 aromatic heterocycles. The van der Waals surface area contributed by atoms with E-state index in [4.69, 9.17) is 10.5 Å². The lowest BCUT2D eigenvalue weighted by Crippen LogP contribution is -2.44. The maximum atomic E-state index is 13.3. The van der Waals surface area contributed by atoms with Gasteiger partial charge >= 0.3 is 0 Å². The van der Waals surface area contributed by atoms with E-state index in [9.17, 15) is 4.39 Å². The van der Waals surface area contributed by atoms with Crippen LogP contribution < -0.4 is 10.5 Å². The number of benzene rings is 1. The van der Waals surface area contributed by atoms with Crippen LogP contribution in [0.15, 0.2) is 18.2 Å². The van der Waals surface area contributed by atoms with Gasteiger partial charge in [0.1, 0.15) is 11.6 Å². The summed E-state index contributed by atoms with van der Waals surface area (Å²) in [6.45, 7) is 1.83. The number of methoxy groups -OCH3 is 1. The summed E-state index contributed by atoms with van der Waals surface area (Å²) < 4.78 is 18.5. The molecular formula is C13H19FN2O. The standard InChI is InChI=1S/C13H19FN2O/c1-16-6-5-13(15,9-16)8-10-7-11(14)3-4-12(10)17-2/h3-4,7H,5-6,8-9,15H2,1-2H3. The minimum Gasteiger partial charge on any atom is -0.496 e. The van der Waals surface area contributed by atoms with Crippen molar-refractivity contribution in [2.45, 2.75) is 18.4 Å². The zero-order valence-electron chi connectivity index (χ0n) is 10.4. The summed E-state index contributed by atoms with van der Waals surface area (Å²) >= 11 is 0. The lowest BCUT2D eigenvalue weighted by Gasteiger charge is -2.24. The number of hydrogen-bond acceptors (Lipinski definition) is 3. The lowest BCUT2D eigenvalue weighted by molar-refractivity contribution is 0.358. The highest BCUT2D eigenvalue weighted by molar-refractivity contribution is 5.35. The number of likely N-dealkylation sites (tertiary alicyclic amines) is 1.